The monoisotopic (exact) mass is 223 g/mol. The average molecular weight is 223 g/mol. The van der Waals surface area contributed by atoms with Gasteiger partial charge in [0.05, 0.1) is 6.21 Å². The minimum Gasteiger partial charge on any atom is -0.591 e. The first-order valence-electron chi connectivity index (χ1n) is 4.98. The van der Waals surface area contributed by atoms with Crippen molar-refractivity contribution in [2.45, 2.75) is 31.9 Å². The smallest absolute Gasteiger partial charge is 0.144 e. The van der Waals surface area contributed by atoms with Gasteiger partial charge in [-0.15, -0.1) is 0 Å². The van der Waals surface area contributed by atoms with Gasteiger partial charge in [0, 0.05) is 6.42 Å². The molecule has 0 aliphatic rings. The fraction of sp³-hybridized carbons (Fsp3) is 0.417. The van der Waals surface area contributed by atoms with Crippen molar-refractivity contribution in [2.24, 2.45) is 4.40 Å². The van der Waals surface area contributed by atoms with Crippen molar-refractivity contribution in [3.05, 3.63) is 35.9 Å². The minimum atomic E-state index is -1.14. The molecule has 0 heterocycles. The van der Waals surface area contributed by atoms with Gasteiger partial charge in [0.1, 0.15) is 16.1 Å². The zero-order valence-electron chi connectivity index (χ0n) is 9.43. The Hall–Kier alpha value is -0.800. The van der Waals surface area contributed by atoms with Gasteiger partial charge in [-0.05, 0) is 26.3 Å². The van der Waals surface area contributed by atoms with E-state index >= 15 is 0 Å². The van der Waals surface area contributed by atoms with Crippen LogP contribution in [0.4, 0.5) is 0 Å². The van der Waals surface area contributed by atoms with Gasteiger partial charge in [-0.25, -0.2) is 0 Å². The van der Waals surface area contributed by atoms with Crippen LogP contribution in [-0.2, 0) is 17.8 Å². The van der Waals surface area contributed by atoms with E-state index in [2.05, 4.69) is 4.40 Å². The van der Waals surface area contributed by atoms with E-state index in [4.69, 9.17) is 0 Å². The maximum atomic E-state index is 11.6. The SMILES string of the molecule is CC(C)(C)[S@+]([O-])N=CCc1ccccc1. The van der Waals surface area contributed by atoms with E-state index in [0.29, 0.717) is 0 Å². The van der Waals surface area contributed by atoms with Gasteiger partial charge in [0.2, 0.25) is 0 Å². The number of benzene rings is 1. The lowest BCUT2D eigenvalue weighted by Crippen LogP contribution is -2.25. The Balaban J connectivity index is 2.47. The van der Waals surface area contributed by atoms with Crippen LogP contribution in [0.2, 0.25) is 0 Å². The van der Waals surface area contributed by atoms with Crippen LogP contribution in [0, 0.1) is 0 Å². The maximum Gasteiger partial charge on any atom is 0.144 e. The molecule has 1 aromatic carbocycles. The topological polar surface area (TPSA) is 35.4 Å². The largest absolute Gasteiger partial charge is 0.591 e. The summed E-state index contributed by atoms with van der Waals surface area (Å²) >= 11 is -1.14. The summed E-state index contributed by atoms with van der Waals surface area (Å²) in [7, 11) is 0. The van der Waals surface area contributed by atoms with Crippen LogP contribution in [-0.4, -0.2) is 15.5 Å². The first kappa shape index (κ1) is 12.3. The van der Waals surface area contributed by atoms with Crippen LogP contribution in [0.25, 0.3) is 0 Å². The molecule has 15 heavy (non-hydrogen) atoms. The number of hydrogen-bond donors (Lipinski definition) is 0. The molecule has 0 bridgehead atoms. The summed E-state index contributed by atoms with van der Waals surface area (Å²) in [6.45, 7) is 5.76. The molecule has 0 aliphatic carbocycles. The van der Waals surface area contributed by atoms with Gasteiger partial charge in [0.15, 0.2) is 0 Å². The summed E-state index contributed by atoms with van der Waals surface area (Å²) in [5, 5.41) is 0. The third kappa shape index (κ3) is 4.49. The van der Waals surface area contributed by atoms with Gasteiger partial charge in [-0.3, -0.25) is 0 Å². The zero-order valence-corrected chi connectivity index (χ0v) is 10.3. The zero-order chi connectivity index (χ0) is 11.3. The molecule has 0 spiro atoms. The molecular weight excluding hydrogens is 206 g/mol. The van der Waals surface area contributed by atoms with E-state index in [1.165, 1.54) is 5.56 Å². The molecule has 1 aromatic rings. The van der Waals surface area contributed by atoms with Gasteiger partial charge in [-0.1, -0.05) is 34.7 Å². The highest BCUT2D eigenvalue weighted by molar-refractivity contribution is 7.91. The van der Waals surface area contributed by atoms with Crippen molar-refractivity contribution < 1.29 is 4.55 Å². The van der Waals surface area contributed by atoms with Crippen molar-refractivity contribution in [3.63, 3.8) is 0 Å². The molecule has 0 N–H and O–H groups in total. The fourth-order valence-electron chi connectivity index (χ4n) is 0.983. The molecule has 0 radical (unpaired) electrons. The minimum absolute atomic E-state index is 0.271. The number of rotatable bonds is 3. The maximum absolute atomic E-state index is 11.6. The first-order valence-corrected chi connectivity index (χ1v) is 6.09. The average Bonchev–Trinajstić information content (AvgIpc) is 2.18. The van der Waals surface area contributed by atoms with Crippen LogP contribution in [0.5, 0.6) is 0 Å². The van der Waals surface area contributed by atoms with E-state index in [-0.39, 0.29) is 4.75 Å². The lowest BCUT2D eigenvalue weighted by molar-refractivity contribution is 0.561. The highest BCUT2D eigenvalue weighted by Gasteiger charge is 2.25. The van der Waals surface area contributed by atoms with E-state index in [1.54, 1.807) is 6.21 Å². The van der Waals surface area contributed by atoms with Crippen LogP contribution >= 0.6 is 0 Å². The second-order valence-electron chi connectivity index (χ2n) is 4.34. The van der Waals surface area contributed by atoms with Gasteiger partial charge >= 0.3 is 0 Å². The number of hydrogen-bond acceptors (Lipinski definition) is 2. The summed E-state index contributed by atoms with van der Waals surface area (Å²) in [4.78, 5) is 0. The summed E-state index contributed by atoms with van der Waals surface area (Å²) < 4.78 is 15.3. The standard InChI is InChI=1S/C12H17NOS/c1-12(2,3)15(14)13-10-9-11-7-5-4-6-8-11/h4-8,10H,9H2,1-3H3/t15-/m0/s1. The van der Waals surface area contributed by atoms with Crippen LogP contribution in [0.15, 0.2) is 34.7 Å². The van der Waals surface area contributed by atoms with E-state index in [9.17, 15) is 4.55 Å². The van der Waals surface area contributed by atoms with Gasteiger partial charge < -0.3 is 4.55 Å². The Morgan fingerprint density at radius 1 is 1.27 bits per heavy atom. The molecule has 0 amide bonds. The normalized spacial score (nSPS) is 14.4. The van der Waals surface area contributed by atoms with Gasteiger partial charge in [0.25, 0.3) is 0 Å². The van der Waals surface area contributed by atoms with E-state index < -0.39 is 11.4 Å². The van der Waals surface area contributed by atoms with Gasteiger partial charge in [-0.2, -0.15) is 0 Å². The summed E-state index contributed by atoms with van der Waals surface area (Å²) in [6.07, 6.45) is 2.47. The molecule has 0 saturated heterocycles. The lowest BCUT2D eigenvalue weighted by Gasteiger charge is -2.17. The molecule has 0 fully saturated rings. The molecule has 3 heteroatoms. The predicted molar refractivity (Wildman–Crippen MR) is 66.5 cm³/mol. The van der Waals surface area contributed by atoms with Crippen molar-refractivity contribution in [1.82, 2.24) is 0 Å². The molecule has 0 aromatic heterocycles. The van der Waals surface area contributed by atoms with Crippen molar-refractivity contribution in [3.8, 4) is 0 Å². The third-order valence-electron chi connectivity index (χ3n) is 1.86. The molecule has 82 valence electrons. The lowest BCUT2D eigenvalue weighted by atomic mass is 10.2. The van der Waals surface area contributed by atoms with Crippen LogP contribution < -0.4 is 0 Å². The molecule has 0 aliphatic heterocycles. The van der Waals surface area contributed by atoms with E-state index in [0.717, 1.165) is 6.42 Å². The molecule has 0 unspecified atom stereocenters. The van der Waals surface area contributed by atoms with Crippen LogP contribution in [0.1, 0.15) is 26.3 Å². The summed E-state index contributed by atoms with van der Waals surface area (Å²) in [5.41, 5.74) is 1.19. The Morgan fingerprint density at radius 3 is 2.40 bits per heavy atom. The quantitative estimate of drug-likeness (QED) is 0.573. The molecular formula is C12H17NOS. The second kappa shape index (κ2) is 5.33. The molecule has 1 atom stereocenters. The summed E-state index contributed by atoms with van der Waals surface area (Å²) in [5.74, 6) is 0. The van der Waals surface area contributed by atoms with Crippen molar-refractivity contribution in [1.29, 1.82) is 0 Å². The first-order chi connectivity index (χ1) is 7.00. The molecule has 0 saturated carbocycles. The Kier molecular flexibility index (Phi) is 4.36. The highest BCUT2D eigenvalue weighted by Crippen LogP contribution is 2.16. The van der Waals surface area contributed by atoms with E-state index in [1.807, 2.05) is 51.1 Å². The molecule has 1 rings (SSSR count). The fourth-order valence-corrected chi connectivity index (χ4v) is 1.51. The summed E-state index contributed by atoms with van der Waals surface area (Å²) in [6, 6.07) is 10.0. The second-order valence-corrected chi connectivity index (χ2v) is 6.27. The number of nitrogens with zero attached hydrogens (tertiary/aromatic N) is 1. The predicted octanol–water partition coefficient (Wildman–Crippen LogP) is 2.76. The Morgan fingerprint density at radius 2 is 1.87 bits per heavy atom. The highest BCUT2D eigenvalue weighted by atomic mass is 32.2. The van der Waals surface area contributed by atoms with Crippen molar-refractivity contribution >= 4 is 17.6 Å². The van der Waals surface area contributed by atoms with Crippen molar-refractivity contribution in [2.75, 3.05) is 0 Å². The third-order valence-corrected chi connectivity index (χ3v) is 3.25. The Bertz CT molecular complexity index is 316. The van der Waals surface area contributed by atoms with Crippen LogP contribution in [0.3, 0.4) is 0 Å². The molecule has 2 nitrogen and oxygen atoms in total. The Labute approximate surface area is 94.7 Å².